The first kappa shape index (κ1) is 14.0. The van der Waals surface area contributed by atoms with Gasteiger partial charge in [-0.1, -0.05) is 0 Å². The first-order valence-corrected chi connectivity index (χ1v) is 5.32. The van der Waals surface area contributed by atoms with Crippen LogP contribution in [0.2, 0.25) is 0 Å². The second-order valence-electron chi connectivity index (χ2n) is 3.97. The topological polar surface area (TPSA) is 119 Å². The number of carbonyl (C=O) groups excluding carboxylic acids is 1. The van der Waals surface area contributed by atoms with Crippen LogP contribution in [0, 0.1) is 0 Å². The van der Waals surface area contributed by atoms with E-state index < -0.39 is 24.1 Å². The minimum atomic E-state index is -1.33. The predicted molar refractivity (Wildman–Crippen MR) is 61.7 cm³/mol. The molecule has 1 heterocycles. The van der Waals surface area contributed by atoms with Crippen molar-refractivity contribution < 1.29 is 19.8 Å². The number of nitrogens with zero attached hydrogens (tertiary/aromatic N) is 2. The van der Waals surface area contributed by atoms with Gasteiger partial charge in [-0.25, -0.2) is 9.59 Å². The van der Waals surface area contributed by atoms with Crippen LogP contribution >= 0.6 is 0 Å². The Morgan fingerprint density at radius 2 is 2.28 bits per heavy atom. The summed E-state index contributed by atoms with van der Waals surface area (Å²) in [6.07, 6.45) is 2.02. The second-order valence-corrected chi connectivity index (χ2v) is 3.97. The van der Waals surface area contributed by atoms with Crippen molar-refractivity contribution in [2.24, 2.45) is 0 Å². The van der Waals surface area contributed by atoms with Crippen molar-refractivity contribution in [3.05, 3.63) is 18.0 Å². The van der Waals surface area contributed by atoms with Crippen LogP contribution < -0.4 is 5.32 Å². The van der Waals surface area contributed by atoms with Crippen molar-refractivity contribution in [3.63, 3.8) is 0 Å². The molecule has 1 rings (SSSR count). The number of carboxylic acids is 1. The number of hydrogen-bond acceptors (Lipinski definition) is 4. The summed E-state index contributed by atoms with van der Waals surface area (Å²) in [5.41, 5.74) is 0.788. The molecule has 0 unspecified atom stereocenters. The van der Waals surface area contributed by atoms with Gasteiger partial charge in [-0.15, -0.1) is 0 Å². The molecule has 100 valence electrons. The molecule has 0 spiro atoms. The minimum Gasteiger partial charge on any atom is -0.480 e. The average Bonchev–Trinajstić information content (AvgIpc) is 2.77. The van der Waals surface area contributed by atoms with Crippen LogP contribution in [0.25, 0.3) is 0 Å². The molecule has 4 N–H and O–H groups in total. The molecule has 0 fully saturated rings. The molecule has 8 heteroatoms. The minimum absolute atomic E-state index is 0.286. The number of carbonyl (C=O) groups is 2. The molecule has 1 aromatic rings. The smallest absolute Gasteiger partial charge is 0.328 e. The van der Waals surface area contributed by atoms with Crippen molar-refractivity contribution in [2.75, 3.05) is 7.05 Å². The summed E-state index contributed by atoms with van der Waals surface area (Å²) in [5, 5.41) is 26.6. The van der Waals surface area contributed by atoms with E-state index in [2.05, 4.69) is 15.5 Å². The number of urea groups is 1. The summed E-state index contributed by atoms with van der Waals surface area (Å²) in [6.45, 7) is 1.59. The van der Waals surface area contributed by atoms with Gasteiger partial charge >= 0.3 is 12.0 Å². The number of aliphatic hydroxyl groups is 1. The molecule has 0 saturated heterocycles. The van der Waals surface area contributed by atoms with Crippen molar-refractivity contribution in [1.82, 2.24) is 20.4 Å². The number of aliphatic carboxylic acids is 1. The van der Waals surface area contributed by atoms with Gasteiger partial charge in [0, 0.05) is 18.8 Å². The van der Waals surface area contributed by atoms with Crippen LogP contribution in [-0.2, 0) is 11.3 Å². The van der Waals surface area contributed by atoms with Gasteiger partial charge in [-0.2, -0.15) is 5.10 Å². The molecule has 0 aliphatic carbocycles. The normalized spacial score (nSPS) is 13.7. The molecule has 8 nitrogen and oxygen atoms in total. The molecule has 0 radical (unpaired) electrons. The van der Waals surface area contributed by atoms with E-state index in [1.807, 2.05) is 0 Å². The lowest BCUT2D eigenvalue weighted by molar-refractivity contribution is -0.141. The van der Waals surface area contributed by atoms with E-state index >= 15 is 0 Å². The molecule has 0 aliphatic heterocycles. The quantitative estimate of drug-likeness (QED) is 0.560. The highest BCUT2D eigenvalue weighted by Gasteiger charge is 2.26. The van der Waals surface area contributed by atoms with Crippen LogP contribution in [0.5, 0.6) is 0 Å². The standard InChI is InChI=1S/C10H16N4O4/c1-6(15)8(9(16)17)13-10(18)14(2)5-7-3-11-12-4-7/h3-4,6,8,15H,5H2,1-2H3,(H,11,12)(H,13,18)(H,16,17)/t6-,8+/m1/s1. The highest BCUT2D eigenvalue weighted by molar-refractivity contribution is 5.82. The van der Waals surface area contributed by atoms with E-state index in [4.69, 9.17) is 5.11 Å². The average molecular weight is 256 g/mol. The molecule has 0 bridgehead atoms. The van der Waals surface area contributed by atoms with Gasteiger partial charge in [0.2, 0.25) is 0 Å². The maximum absolute atomic E-state index is 11.7. The third-order valence-corrected chi connectivity index (χ3v) is 2.35. The van der Waals surface area contributed by atoms with Crippen LogP contribution in [0.15, 0.2) is 12.4 Å². The van der Waals surface area contributed by atoms with E-state index in [-0.39, 0.29) is 6.54 Å². The largest absolute Gasteiger partial charge is 0.480 e. The number of aromatic amines is 1. The van der Waals surface area contributed by atoms with Crippen molar-refractivity contribution >= 4 is 12.0 Å². The zero-order chi connectivity index (χ0) is 13.7. The lowest BCUT2D eigenvalue weighted by Crippen LogP contribution is -2.51. The SMILES string of the molecule is C[C@@H](O)[C@H](NC(=O)N(C)Cc1cn[nH]c1)C(=O)O. The lowest BCUT2D eigenvalue weighted by Gasteiger charge is -2.22. The Kier molecular flexibility index (Phi) is 4.67. The predicted octanol–water partition coefficient (Wildman–Crippen LogP) is -0.615. The van der Waals surface area contributed by atoms with E-state index in [1.54, 1.807) is 12.4 Å². The molecule has 1 aromatic heterocycles. The van der Waals surface area contributed by atoms with Gasteiger partial charge in [0.1, 0.15) is 0 Å². The highest BCUT2D eigenvalue weighted by atomic mass is 16.4. The number of H-pyrrole nitrogens is 1. The third kappa shape index (κ3) is 3.74. The summed E-state index contributed by atoms with van der Waals surface area (Å²) >= 11 is 0. The maximum atomic E-state index is 11.7. The fourth-order valence-electron chi connectivity index (χ4n) is 1.34. The zero-order valence-electron chi connectivity index (χ0n) is 10.1. The molecular weight excluding hydrogens is 240 g/mol. The van der Waals surface area contributed by atoms with Crippen LogP contribution in [0.1, 0.15) is 12.5 Å². The van der Waals surface area contributed by atoms with Gasteiger partial charge < -0.3 is 20.4 Å². The van der Waals surface area contributed by atoms with E-state index in [0.29, 0.717) is 0 Å². The number of nitrogens with one attached hydrogen (secondary N) is 2. The number of rotatable bonds is 5. The van der Waals surface area contributed by atoms with Crippen LogP contribution in [0.4, 0.5) is 4.79 Å². The molecule has 18 heavy (non-hydrogen) atoms. The van der Waals surface area contributed by atoms with Gasteiger partial charge in [-0.3, -0.25) is 5.10 Å². The Hall–Kier alpha value is -2.09. The monoisotopic (exact) mass is 256 g/mol. The van der Waals surface area contributed by atoms with E-state index in [1.165, 1.54) is 18.9 Å². The summed E-state index contributed by atoms with van der Waals surface area (Å²) in [5.74, 6) is -1.28. The Balaban J connectivity index is 2.56. The Bertz CT molecular complexity index is 404. The first-order chi connectivity index (χ1) is 8.41. The number of amides is 2. The van der Waals surface area contributed by atoms with Gasteiger partial charge in [0.05, 0.1) is 18.8 Å². The number of hydrogen-bond donors (Lipinski definition) is 4. The van der Waals surface area contributed by atoms with Crippen molar-refractivity contribution in [1.29, 1.82) is 0 Å². The first-order valence-electron chi connectivity index (χ1n) is 5.32. The maximum Gasteiger partial charge on any atom is 0.328 e. The molecule has 2 atom stereocenters. The summed E-state index contributed by atoms with van der Waals surface area (Å²) < 4.78 is 0. The Morgan fingerprint density at radius 1 is 1.61 bits per heavy atom. The zero-order valence-corrected chi connectivity index (χ0v) is 10.1. The Morgan fingerprint density at radius 3 is 2.72 bits per heavy atom. The number of carboxylic acid groups (broad SMARTS) is 1. The van der Waals surface area contributed by atoms with Crippen LogP contribution in [0.3, 0.4) is 0 Å². The second kappa shape index (κ2) is 6.01. The summed E-state index contributed by atoms with van der Waals surface area (Å²) in [4.78, 5) is 23.8. The number of aromatic nitrogens is 2. The van der Waals surface area contributed by atoms with E-state index in [9.17, 15) is 14.7 Å². The molecule has 0 saturated carbocycles. The summed E-state index contributed by atoms with van der Waals surface area (Å²) in [6, 6.07) is -1.91. The molecular formula is C10H16N4O4. The van der Waals surface area contributed by atoms with Gasteiger partial charge in [0.15, 0.2) is 6.04 Å². The van der Waals surface area contributed by atoms with Crippen molar-refractivity contribution in [2.45, 2.75) is 25.6 Å². The fourth-order valence-corrected chi connectivity index (χ4v) is 1.34. The number of aliphatic hydroxyl groups excluding tert-OH is 1. The lowest BCUT2D eigenvalue weighted by atomic mass is 10.2. The van der Waals surface area contributed by atoms with Gasteiger partial charge in [-0.05, 0) is 6.92 Å². The fraction of sp³-hybridized carbons (Fsp3) is 0.500. The molecule has 0 aliphatic rings. The molecule has 0 aromatic carbocycles. The Labute approximate surface area is 104 Å². The van der Waals surface area contributed by atoms with E-state index in [0.717, 1.165) is 5.56 Å². The third-order valence-electron chi connectivity index (χ3n) is 2.35. The molecule has 2 amide bonds. The van der Waals surface area contributed by atoms with Crippen molar-refractivity contribution in [3.8, 4) is 0 Å². The summed E-state index contributed by atoms with van der Waals surface area (Å²) in [7, 11) is 1.52. The van der Waals surface area contributed by atoms with Crippen LogP contribution in [-0.4, -0.2) is 56.5 Å². The van der Waals surface area contributed by atoms with Gasteiger partial charge in [0.25, 0.3) is 0 Å². The highest BCUT2D eigenvalue weighted by Crippen LogP contribution is 2.01.